The lowest BCUT2D eigenvalue weighted by molar-refractivity contribution is -0.149. The van der Waals surface area contributed by atoms with E-state index in [1.165, 1.54) is 6.07 Å². The van der Waals surface area contributed by atoms with E-state index in [1.54, 1.807) is 18.2 Å². The summed E-state index contributed by atoms with van der Waals surface area (Å²) in [5.74, 6) is 0.972. The number of hydrogen-bond donors (Lipinski definition) is 1. The predicted molar refractivity (Wildman–Crippen MR) is 122 cm³/mol. The summed E-state index contributed by atoms with van der Waals surface area (Å²) in [6.07, 6.45) is 10.0. The van der Waals surface area contributed by atoms with Crippen LogP contribution < -0.4 is 5.73 Å². The highest BCUT2D eigenvalue weighted by molar-refractivity contribution is 5.89. The molecular formula is C27H35FN2O2. The number of benzene rings is 1. The molecule has 2 N–H and O–H groups in total. The number of nitrogens with two attached hydrogens (primary N) is 1. The number of carbonyl (C=O) groups is 2. The van der Waals surface area contributed by atoms with Crippen LogP contribution in [-0.4, -0.2) is 29.8 Å². The van der Waals surface area contributed by atoms with E-state index in [-0.39, 0.29) is 34.5 Å². The van der Waals surface area contributed by atoms with Gasteiger partial charge in [0.1, 0.15) is 5.82 Å². The normalized spacial score (nSPS) is 42.9. The highest BCUT2D eigenvalue weighted by Crippen LogP contribution is 2.69. The Bertz CT molecular complexity index is 992. The molecule has 7 atom stereocenters. The molecule has 1 heterocycles. The van der Waals surface area contributed by atoms with Crippen molar-refractivity contribution in [2.24, 2.45) is 39.7 Å². The molecule has 2 unspecified atom stereocenters. The molecule has 1 aliphatic heterocycles. The van der Waals surface area contributed by atoms with E-state index in [0.717, 1.165) is 38.5 Å². The van der Waals surface area contributed by atoms with Gasteiger partial charge < -0.3 is 10.6 Å². The van der Waals surface area contributed by atoms with Gasteiger partial charge in [0, 0.05) is 18.5 Å². The minimum atomic E-state index is -0.711. The third kappa shape index (κ3) is 2.72. The molecule has 3 aliphatic carbocycles. The first-order chi connectivity index (χ1) is 15.1. The second kappa shape index (κ2) is 7.16. The summed E-state index contributed by atoms with van der Waals surface area (Å²) >= 11 is 0. The maximum absolute atomic E-state index is 14.6. The summed E-state index contributed by atoms with van der Waals surface area (Å²) in [4.78, 5) is 27.3. The maximum Gasteiger partial charge on any atom is 0.246 e. The molecule has 3 saturated carbocycles. The third-order valence-corrected chi connectivity index (χ3v) is 10.4. The highest BCUT2D eigenvalue weighted by atomic mass is 19.1. The summed E-state index contributed by atoms with van der Waals surface area (Å²) in [6, 6.07) is 7.05. The Hall–Kier alpha value is -2.17. The number of hydrogen-bond acceptors (Lipinski definition) is 2. The lowest BCUT2D eigenvalue weighted by Crippen LogP contribution is -2.61. The second-order valence-electron chi connectivity index (χ2n) is 11.3. The maximum atomic E-state index is 14.6. The van der Waals surface area contributed by atoms with Gasteiger partial charge in [0.15, 0.2) is 0 Å². The Kier molecular flexibility index (Phi) is 4.85. The Balaban J connectivity index is 1.51. The standard InChI is InChI=1S/C27H35FN2O2/c1-25-13-12-23(31)30(3)22(25)9-8-18-19(25)10-14-26(2)20(18)11-15-27(26,24(29)32)16-17-6-4-5-7-21(17)28/h4-7,12-13,18-20,22H,8-11,14-16H2,1-3H3,(H2,29,32)/t18-,19-,20+,22?,25-,26+,27?/m1/s1. The van der Waals surface area contributed by atoms with Crippen LogP contribution in [0.4, 0.5) is 4.39 Å². The van der Waals surface area contributed by atoms with Crippen LogP contribution in [0.1, 0.15) is 57.9 Å². The molecule has 0 aromatic heterocycles. The molecule has 4 nitrogen and oxygen atoms in total. The van der Waals surface area contributed by atoms with Crippen LogP contribution >= 0.6 is 0 Å². The van der Waals surface area contributed by atoms with Crippen molar-refractivity contribution in [3.05, 3.63) is 47.8 Å². The molecule has 4 aliphatic rings. The minimum Gasteiger partial charge on any atom is -0.369 e. The monoisotopic (exact) mass is 438 g/mol. The Morgan fingerprint density at radius 1 is 1.12 bits per heavy atom. The van der Waals surface area contributed by atoms with Gasteiger partial charge in [-0.1, -0.05) is 38.1 Å². The lowest BCUT2D eigenvalue weighted by atomic mass is 9.45. The van der Waals surface area contributed by atoms with Crippen LogP contribution in [0, 0.1) is 39.8 Å². The largest absolute Gasteiger partial charge is 0.369 e. The number of carbonyl (C=O) groups excluding carboxylic acids is 2. The molecule has 0 bridgehead atoms. The van der Waals surface area contributed by atoms with Gasteiger partial charge >= 0.3 is 0 Å². The van der Waals surface area contributed by atoms with Crippen molar-refractivity contribution < 1.29 is 14.0 Å². The zero-order valence-electron chi connectivity index (χ0n) is 19.4. The van der Waals surface area contributed by atoms with Gasteiger partial charge in [-0.15, -0.1) is 0 Å². The van der Waals surface area contributed by atoms with Gasteiger partial charge in [-0.3, -0.25) is 9.59 Å². The van der Waals surface area contributed by atoms with Crippen molar-refractivity contribution in [3.8, 4) is 0 Å². The molecule has 32 heavy (non-hydrogen) atoms. The number of nitrogens with zero attached hydrogens (tertiary/aromatic N) is 1. The number of rotatable bonds is 3. The zero-order chi connectivity index (χ0) is 22.9. The van der Waals surface area contributed by atoms with E-state index >= 15 is 0 Å². The predicted octanol–water partition coefficient (Wildman–Crippen LogP) is 4.48. The fourth-order valence-corrected chi connectivity index (χ4v) is 8.62. The first-order valence-corrected chi connectivity index (χ1v) is 12.1. The van der Waals surface area contributed by atoms with E-state index in [9.17, 15) is 14.0 Å². The average Bonchev–Trinajstić information content (AvgIpc) is 3.06. The van der Waals surface area contributed by atoms with Crippen molar-refractivity contribution in [3.63, 3.8) is 0 Å². The summed E-state index contributed by atoms with van der Waals surface area (Å²) in [7, 11) is 1.93. The van der Waals surface area contributed by atoms with Crippen LogP contribution in [0.25, 0.3) is 0 Å². The number of primary amides is 1. The fraction of sp³-hybridized carbons (Fsp3) is 0.630. The number of likely N-dealkylation sites (N-methyl/N-ethyl adjacent to an activating group) is 1. The molecule has 2 amide bonds. The van der Waals surface area contributed by atoms with E-state index in [0.29, 0.717) is 29.7 Å². The summed E-state index contributed by atoms with van der Waals surface area (Å²) in [5.41, 5.74) is 5.77. The van der Waals surface area contributed by atoms with E-state index in [1.807, 2.05) is 18.0 Å². The molecule has 1 aromatic rings. The first-order valence-electron chi connectivity index (χ1n) is 12.1. The van der Waals surface area contributed by atoms with Gasteiger partial charge in [0.25, 0.3) is 0 Å². The van der Waals surface area contributed by atoms with Crippen LogP contribution in [0.5, 0.6) is 0 Å². The molecule has 5 rings (SSSR count). The third-order valence-electron chi connectivity index (χ3n) is 10.4. The van der Waals surface area contributed by atoms with Crippen LogP contribution in [0.2, 0.25) is 0 Å². The van der Waals surface area contributed by atoms with E-state index < -0.39 is 5.41 Å². The molecule has 0 saturated heterocycles. The summed E-state index contributed by atoms with van der Waals surface area (Å²) < 4.78 is 14.6. The van der Waals surface area contributed by atoms with Crippen molar-refractivity contribution in [1.29, 1.82) is 0 Å². The summed E-state index contributed by atoms with van der Waals surface area (Å²) in [6.45, 7) is 4.58. The average molecular weight is 439 g/mol. The van der Waals surface area contributed by atoms with Crippen LogP contribution in [-0.2, 0) is 16.0 Å². The van der Waals surface area contributed by atoms with E-state index in [4.69, 9.17) is 5.73 Å². The molecule has 3 fully saturated rings. The molecule has 172 valence electrons. The number of halogens is 1. The molecule has 0 radical (unpaired) electrons. The SMILES string of the molecule is CN1C(=O)C=C[C@@]2(C)C1CC[C@@H]1[C@H]2CC[C@@]2(C)[C@H]1CCC2(Cc1ccccc1F)C(N)=O. The quantitative estimate of drug-likeness (QED) is 0.756. The molecule has 5 heteroatoms. The van der Waals surface area contributed by atoms with Crippen molar-refractivity contribution in [1.82, 2.24) is 4.90 Å². The lowest BCUT2D eigenvalue weighted by Gasteiger charge is -2.61. The van der Waals surface area contributed by atoms with Gasteiger partial charge in [-0.25, -0.2) is 4.39 Å². The zero-order valence-corrected chi connectivity index (χ0v) is 19.4. The van der Waals surface area contributed by atoms with Crippen molar-refractivity contribution >= 4 is 11.8 Å². The number of fused-ring (bicyclic) bond motifs is 5. The Morgan fingerprint density at radius 3 is 2.56 bits per heavy atom. The molecule has 1 aromatic carbocycles. The fourth-order valence-electron chi connectivity index (χ4n) is 8.62. The van der Waals surface area contributed by atoms with Crippen molar-refractivity contribution in [2.75, 3.05) is 7.05 Å². The highest BCUT2D eigenvalue weighted by Gasteiger charge is 2.66. The smallest absolute Gasteiger partial charge is 0.246 e. The molecule has 0 spiro atoms. The number of amides is 2. The van der Waals surface area contributed by atoms with E-state index in [2.05, 4.69) is 19.9 Å². The van der Waals surface area contributed by atoms with Crippen LogP contribution in [0.15, 0.2) is 36.4 Å². The Labute approximate surface area is 190 Å². The molecular weight excluding hydrogens is 403 g/mol. The summed E-state index contributed by atoms with van der Waals surface area (Å²) in [5, 5.41) is 0. The minimum absolute atomic E-state index is 0.0313. The van der Waals surface area contributed by atoms with Crippen LogP contribution in [0.3, 0.4) is 0 Å². The topological polar surface area (TPSA) is 63.4 Å². The van der Waals surface area contributed by atoms with Gasteiger partial charge in [0.2, 0.25) is 11.8 Å². The van der Waals surface area contributed by atoms with Gasteiger partial charge in [-0.05, 0) is 85.8 Å². The van der Waals surface area contributed by atoms with Gasteiger partial charge in [-0.2, -0.15) is 0 Å². The first kappa shape index (κ1) is 21.7. The van der Waals surface area contributed by atoms with Crippen molar-refractivity contribution in [2.45, 2.75) is 64.8 Å². The Morgan fingerprint density at radius 2 is 1.84 bits per heavy atom. The second-order valence-corrected chi connectivity index (χ2v) is 11.3. The van der Waals surface area contributed by atoms with Gasteiger partial charge in [0.05, 0.1) is 5.41 Å².